The molecule has 0 amide bonds. The summed E-state index contributed by atoms with van der Waals surface area (Å²) in [5.74, 6) is -0.866. The monoisotopic (exact) mass is 1050 g/mol. The van der Waals surface area contributed by atoms with E-state index in [1.165, 1.54) is 270 Å². The van der Waals surface area contributed by atoms with E-state index in [0.717, 1.165) is 70.6 Å². The fourth-order valence-electron chi connectivity index (χ4n) is 10.3. The van der Waals surface area contributed by atoms with Gasteiger partial charge in [-0.2, -0.15) is 0 Å². The summed E-state index contributed by atoms with van der Waals surface area (Å²) in [5.41, 5.74) is 0. The van der Waals surface area contributed by atoms with E-state index in [9.17, 15) is 14.4 Å². The molecule has 0 saturated carbocycles. The summed E-state index contributed by atoms with van der Waals surface area (Å²) in [6.07, 6.45) is 77.9. The molecule has 1 atom stereocenters. The topological polar surface area (TPSA) is 78.9 Å². The van der Waals surface area contributed by atoms with Crippen molar-refractivity contribution in [1.82, 2.24) is 0 Å². The second-order valence-corrected chi connectivity index (χ2v) is 23.1. The third kappa shape index (κ3) is 62.6. The minimum absolute atomic E-state index is 0.0725. The van der Waals surface area contributed by atoms with Crippen molar-refractivity contribution in [1.29, 1.82) is 0 Å². The number of esters is 3. The number of hydrogen-bond acceptors (Lipinski definition) is 6. The third-order valence-corrected chi connectivity index (χ3v) is 15.4. The first kappa shape index (κ1) is 72.9. The Kier molecular flexibility index (Phi) is 62.6. The number of rotatable bonds is 63. The van der Waals surface area contributed by atoms with E-state index in [1.807, 2.05) is 0 Å². The molecule has 0 radical (unpaired) electrons. The van der Waals surface area contributed by atoms with Crippen molar-refractivity contribution in [3.63, 3.8) is 0 Å². The van der Waals surface area contributed by atoms with Crippen molar-refractivity contribution in [2.24, 2.45) is 0 Å². The molecule has 75 heavy (non-hydrogen) atoms. The first-order chi connectivity index (χ1) is 37.0. The molecular weight excluding hydrogens is 925 g/mol. The summed E-state index contributed by atoms with van der Waals surface area (Å²) in [7, 11) is 0. The minimum atomic E-state index is -0.776. The summed E-state index contributed by atoms with van der Waals surface area (Å²) in [6.45, 7) is 6.66. The zero-order valence-corrected chi connectivity index (χ0v) is 50.8. The number of unbranched alkanes of at least 4 members (excludes halogenated alkanes) is 48. The maximum atomic E-state index is 12.9. The van der Waals surface area contributed by atoms with Gasteiger partial charge in [0.25, 0.3) is 0 Å². The molecule has 6 nitrogen and oxygen atoms in total. The van der Waals surface area contributed by atoms with Crippen molar-refractivity contribution < 1.29 is 28.6 Å². The Bertz CT molecular complexity index is 1210. The maximum absolute atomic E-state index is 12.9. The molecule has 0 heterocycles. The highest BCUT2D eigenvalue weighted by Crippen LogP contribution is 2.18. The molecule has 0 aromatic carbocycles. The summed E-state index contributed by atoms with van der Waals surface area (Å²) in [6, 6.07) is 0. The molecule has 0 saturated heterocycles. The van der Waals surface area contributed by atoms with E-state index >= 15 is 0 Å². The van der Waals surface area contributed by atoms with Gasteiger partial charge in [-0.05, 0) is 70.6 Å². The number of allylic oxidation sites excluding steroid dienone is 4. The van der Waals surface area contributed by atoms with Gasteiger partial charge in [0.1, 0.15) is 13.2 Å². The molecule has 0 spiro atoms. The summed E-state index contributed by atoms with van der Waals surface area (Å²) >= 11 is 0. The van der Waals surface area contributed by atoms with Crippen molar-refractivity contribution in [3.05, 3.63) is 24.3 Å². The Morgan fingerprint density at radius 3 is 0.680 bits per heavy atom. The number of carbonyl (C=O) groups excluding carboxylic acids is 3. The average molecular weight is 1060 g/mol. The Morgan fingerprint density at radius 1 is 0.253 bits per heavy atom. The van der Waals surface area contributed by atoms with Crippen LogP contribution in [0.1, 0.15) is 380 Å². The molecule has 0 aliphatic heterocycles. The van der Waals surface area contributed by atoms with Gasteiger partial charge < -0.3 is 14.2 Å². The lowest BCUT2D eigenvalue weighted by Gasteiger charge is -2.18. The SMILES string of the molecule is CCCCCC/C=C\CCCCCCCC(=O)OCC(COC(=O)CCCCCCCCCCCCCCCCCCCCCCCCCCCCCCCC)OC(=O)CCCCCCC/C=C\CCCCCCC. The van der Waals surface area contributed by atoms with Gasteiger partial charge in [0.05, 0.1) is 0 Å². The molecule has 6 heteroatoms. The third-order valence-electron chi connectivity index (χ3n) is 15.4. The largest absolute Gasteiger partial charge is 0.462 e. The van der Waals surface area contributed by atoms with E-state index in [-0.39, 0.29) is 31.1 Å². The Morgan fingerprint density at radius 2 is 0.440 bits per heavy atom. The van der Waals surface area contributed by atoms with Crippen molar-refractivity contribution in [2.75, 3.05) is 13.2 Å². The average Bonchev–Trinajstić information content (AvgIpc) is 3.41. The number of hydrogen-bond donors (Lipinski definition) is 0. The van der Waals surface area contributed by atoms with E-state index in [2.05, 4.69) is 45.1 Å². The molecule has 0 fully saturated rings. The standard InChI is InChI=1S/C69H130O6/c1-4-7-10-13-16-19-22-25-27-28-29-30-31-32-33-34-35-36-37-38-39-40-41-42-45-47-50-53-56-59-62-68(71)74-65-66(64-73-67(70)61-58-55-52-49-46-43-24-21-18-15-12-9-6-3)75-69(72)63-60-57-54-51-48-44-26-23-20-17-14-11-8-5-2/h21,23-24,26,66H,4-20,22,25,27-65H2,1-3H3/b24-21-,26-23-. The van der Waals surface area contributed by atoms with Gasteiger partial charge in [-0.15, -0.1) is 0 Å². The van der Waals surface area contributed by atoms with Crippen molar-refractivity contribution in [2.45, 2.75) is 386 Å². The fourth-order valence-corrected chi connectivity index (χ4v) is 10.3. The molecule has 0 bridgehead atoms. The molecular formula is C69H130O6. The van der Waals surface area contributed by atoms with E-state index in [4.69, 9.17) is 14.2 Å². The van der Waals surface area contributed by atoms with E-state index < -0.39 is 6.10 Å². The predicted octanol–water partition coefficient (Wildman–Crippen LogP) is 23.0. The minimum Gasteiger partial charge on any atom is -0.462 e. The highest BCUT2D eigenvalue weighted by molar-refractivity contribution is 5.71. The zero-order chi connectivity index (χ0) is 54.3. The zero-order valence-electron chi connectivity index (χ0n) is 50.8. The second kappa shape index (κ2) is 64.4. The Hall–Kier alpha value is -2.11. The Labute approximate surface area is 468 Å². The van der Waals surface area contributed by atoms with Gasteiger partial charge in [-0.1, -0.05) is 315 Å². The van der Waals surface area contributed by atoms with Gasteiger partial charge >= 0.3 is 17.9 Å². The molecule has 0 aliphatic carbocycles. The van der Waals surface area contributed by atoms with Crippen LogP contribution in [0.2, 0.25) is 0 Å². The van der Waals surface area contributed by atoms with Gasteiger partial charge in [-0.25, -0.2) is 0 Å². The number of ether oxygens (including phenoxy) is 3. The molecule has 0 rings (SSSR count). The maximum Gasteiger partial charge on any atom is 0.306 e. The first-order valence-electron chi connectivity index (χ1n) is 33.8. The van der Waals surface area contributed by atoms with E-state index in [0.29, 0.717) is 19.3 Å². The molecule has 0 N–H and O–H groups in total. The molecule has 442 valence electrons. The quantitative estimate of drug-likeness (QED) is 0.0261. The van der Waals surface area contributed by atoms with Crippen LogP contribution < -0.4 is 0 Å². The van der Waals surface area contributed by atoms with Crippen molar-refractivity contribution >= 4 is 17.9 Å². The van der Waals surface area contributed by atoms with Crippen LogP contribution >= 0.6 is 0 Å². The van der Waals surface area contributed by atoms with Crippen LogP contribution in [0.25, 0.3) is 0 Å². The highest BCUT2D eigenvalue weighted by Gasteiger charge is 2.19. The molecule has 0 aliphatic rings. The molecule has 1 unspecified atom stereocenters. The van der Waals surface area contributed by atoms with Gasteiger partial charge in [0, 0.05) is 19.3 Å². The molecule has 0 aromatic rings. The lowest BCUT2D eigenvalue weighted by atomic mass is 10.0. The van der Waals surface area contributed by atoms with Gasteiger partial charge in [-0.3, -0.25) is 14.4 Å². The normalized spacial score (nSPS) is 12.1. The molecule has 0 aromatic heterocycles. The van der Waals surface area contributed by atoms with Crippen LogP contribution in [0.3, 0.4) is 0 Å². The van der Waals surface area contributed by atoms with Gasteiger partial charge in [0.15, 0.2) is 6.10 Å². The van der Waals surface area contributed by atoms with Crippen LogP contribution in [0.15, 0.2) is 24.3 Å². The predicted molar refractivity (Wildman–Crippen MR) is 326 cm³/mol. The fraction of sp³-hybridized carbons (Fsp3) is 0.899. The van der Waals surface area contributed by atoms with Crippen LogP contribution in [0, 0.1) is 0 Å². The lowest BCUT2D eigenvalue weighted by molar-refractivity contribution is -0.167. The first-order valence-corrected chi connectivity index (χ1v) is 33.8. The smallest absolute Gasteiger partial charge is 0.306 e. The van der Waals surface area contributed by atoms with Crippen LogP contribution in [-0.2, 0) is 28.6 Å². The lowest BCUT2D eigenvalue weighted by Crippen LogP contribution is -2.30. The van der Waals surface area contributed by atoms with E-state index in [1.54, 1.807) is 0 Å². The summed E-state index contributed by atoms with van der Waals surface area (Å²) in [5, 5.41) is 0. The summed E-state index contributed by atoms with van der Waals surface area (Å²) in [4.78, 5) is 38.2. The Balaban J connectivity index is 4.10. The van der Waals surface area contributed by atoms with Crippen molar-refractivity contribution in [3.8, 4) is 0 Å². The van der Waals surface area contributed by atoms with Crippen LogP contribution in [-0.4, -0.2) is 37.2 Å². The highest BCUT2D eigenvalue weighted by atomic mass is 16.6. The number of carbonyl (C=O) groups is 3. The van der Waals surface area contributed by atoms with Crippen LogP contribution in [0.4, 0.5) is 0 Å². The second-order valence-electron chi connectivity index (χ2n) is 23.1. The summed E-state index contributed by atoms with van der Waals surface area (Å²) < 4.78 is 16.9. The van der Waals surface area contributed by atoms with Crippen LogP contribution in [0.5, 0.6) is 0 Å². The van der Waals surface area contributed by atoms with Gasteiger partial charge in [0.2, 0.25) is 0 Å².